The molecule has 4 heteroatoms. The molecule has 1 atom stereocenters. The third-order valence-corrected chi connectivity index (χ3v) is 2.60. The first-order valence-electron chi connectivity index (χ1n) is 5.98. The van der Waals surface area contributed by atoms with E-state index in [2.05, 4.69) is 24.1 Å². The first-order valence-corrected chi connectivity index (χ1v) is 5.98. The Bertz CT molecular complexity index is 403. The van der Waals surface area contributed by atoms with Gasteiger partial charge in [0.05, 0.1) is 5.56 Å². The summed E-state index contributed by atoms with van der Waals surface area (Å²) < 4.78 is 0. The molecule has 0 radical (unpaired) electrons. The van der Waals surface area contributed by atoms with Crippen molar-refractivity contribution in [1.29, 1.82) is 0 Å². The van der Waals surface area contributed by atoms with Crippen LogP contribution < -0.4 is 10.9 Å². The van der Waals surface area contributed by atoms with Crippen LogP contribution in [0.3, 0.4) is 0 Å². The molecule has 0 aliphatic carbocycles. The van der Waals surface area contributed by atoms with E-state index < -0.39 is 0 Å². The highest BCUT2D eigenvalue weighted by atomic mass is 16.1. The molecule has 2 N–H and O–H groups in total. The minimum atomic E-state index is -0.200. The van der Waals surface area contributed by atoms with Crippen LogP contribution in [0.2, 0.25) is 0 Å². The Morgan fingerprint density at radius 2 is 2.00 bits per heavy atom. The third-order valence-electron chi connectivity index (χ3n) is 2.60. The summed E-state index contributed by atoms with van der Waals surface area (Å²) in [4.78, 5) is 25.1. The van der Waals surface area contributed by atoms with E-state index >= 15 is 0 Å². The molecule has 0 bridgehead atoms. The van der Waals surface area contributed by atoms with Crippen LogP contribution in [0.15, 0.2) is 23.1 Å². The SMILES string of the molecule is CC(C)CC[C@@H](C)NC(=O)c1ccc(=O)[nH]c1. The fourth-order valence-corrected chi connectivity index (χ4v) is 1.51. The van der Waals surface area contributed by atoms with Gasteiger partial charge in [0.2, 0.25) is 5.56 Å². The number of aromatic amines is 1. The lowest BCUT2D eigenvalue weighted by atomic mass is 10.0. The Labute approximate surface area is 101 Å². The van der Waals surface area contributed by atoms with E-state index in [0.717, 1.165) is 12.8 Å². The van der Waals surface area contributed by atoms with Gasteiger partial charge in [-0.15, -0.1) is 0 Å². The van der Waals surface area contributed by atoms with E-state index in [1.165, 1.54) is 18.3 Å². The third kappa shape index (κ3) is 4.85. The van der Waals surface area contributed by atoms with Gasteiger partial charge in [-0.25, -0.2) is 0 Å². The van der Waals surface area contributed by atoms with E-state index in [0.29, 0.717) is 11.5 Å². The number of rotatable bonds is 5. The highest BCUT2D eigenvalue weighted by Crippen LogP contribution is 2.07. The number of carbonyl (C=O) groups excluding carboxylic acids is 1. The van der Waals surface area contributed by atoms with Gasteiger partial charge in [0, 0.05) is 18.3 Å². The second-order valence-corrected chi connectivity index (χ2v) is 4.79. The molecule has 4 nitrogen and oxygen atoms in total. The molecule has 94 valence electrons. The minimum absolute atomic E-state index is 0.141. The molecule has 1 heterocycles. The van der Waals surface area contributed by atoms with Crippen LogP contribution >= 0.6 is 0 Å². The smallest absolute Gasteiger partial charge is 0.252 e. The van der Waals surface area contributed by atoms with Crippen LogP contribution in [-0.2, 0) is 0 Å². The van der Waals surface area contributed by atoms with E-state index in [1.54, 1.807) is 0 Å². The zero-order valence-corrected chi connectivity index (χ0v) is 10.6. The normalized spacial score (nSPS) is 12.5. The maximum Gasteiger partial charge on any atom is 0.252 e. The Kier molecular flexibility index (Phi) is 4.94. The molecule has 1 rings (SSSR count). The van der Waals surface area contributed by atoms with Crippen molar-refractivity contribution in [3.63, 3.8) is 0 Å². The van der Waals surface area contributed by atoms with Crippen LogP contribution in [0.5, 0.6) is 0 Å². The van der Waals surface area contributed by atoms with Gasteiger partial charge in [-0.3, -0.25) is 9.59 Å². The van der Waals surface area contributed by atoms with Crippen LogP contribution in [0.4, 0.5) is 0 Å². The van der Waals surface area contributed by atoms with Crippen molar-refractivity contribution in [3.8, 4) is 0 Å². The van der Waals surface area contributed by atoms with Crippen molar-refractivity contribution in [3.05, 3.63) is 34.2 Å². The van der Waals surface area contributed by atoms with Gasteiger partial charge < -0.3 is 10.3 Å². The Balaban J connectivity index is 2.48. The lowest BCUT2D eigenvalue weighted by Crippen LogP contribution is -2.33. The van der Waals surface area contributed by atoms with Gasteiger partial charge in [-0.05, 0) is 31.7 Å². The predicted molar refractivity (Wildman–Crippen MR) is 68.1 cm³/mol. The molecular formula is C13H20N2O2. The van der Waals surface area contributed by atoms with Gasteiger partial charge in [0.25, 0.3) is 5.91 Å². The Hall–Kier alpha value is -1.58. The second kappa shape index (κ2) is 6.23. The average molecular weight is 236 g/mol. The van der Waals surface area contributed by atoms with Crippen molar-refractivity contribution in [1.82, 2.24) is 10.3 Å². The lowest BCUT2D eigenvalue weighted by Gasteiger charge is -2.14. The predicted octanol–water partition coefficient (Wildman–Crippen LogP) is 1.93. The number of H-pyrrole nitrogens is 1. The number of pyridine rings is 1. The fraction of sp³-hybridized carbons (Fsp3) is 0.538. The summed E-state index contributed by atoms with van der Waals surface area (Å²) in [5, 5.41) is 2.91. The molecule has 0 aromatic carbocycles. The van der Waals surface area contributed by atoms with Crippen molar-refractivity contribution >= 4 is 5.91 Å². The molecule has 0 saturated heterocycles. The topological polar surface area (TPSA) is 62.0 Å². The van der Waals surface area contributed by atoms with E-state index in [4.69, 9.17) is 0 Å². The summed E-state index contributed by atoms with van der Waals surface area (Å²) in [6.07, 6.45) is 3.49. The number of nitrogens with one attached hydrogen (secondary N) is 2. The molecule has 0 aliphatic rings. The Morgan fingerprint density at radius 1 is 1.29 bits per heavy atom. The van der Waals surface area contributed by atoms with Crippen LogP contribution in [0.1, 0.15) is 44.0 Å². The molecule has 17 heavy (non-hydrogen) atoms. The lowest BCUT2D eigenvalue weighted by molar-refractivity contribution is 0.0937. The quantitative estimate of drug-likeness (QED) is 0.820. The van der Waals surface area contributed by atoms with Crippen LogP contribution in [0, 0.1) is 5.92 Å². The number of aromatic nitrogens is 1. The first kappa shape index (κ1) is 13.5. The first-order chi connectivity index (χ1) is 7.99. The summed E-state index contributed by atoms with van der Waals surface area (Å²) in [7, 11) is 0. The van der Waals surface area contributed by atoms with Crippen molar-refractivity contribution in [2.75, 3.05) is 0 Å². The maximum atomic E-state index is 11.8. The monoisotopic (exact) mass is 236 g/mol. The van der Waals surface area contributed by atoms with Gasteiger partial charge in [0.1, 0.15) is 0 Å². The zero-order chi connectivity index (χ0) is 12.8. The molecule has 1 amide bonds. The highest BCUT2D eigenvalue weighted by molar-refractivity contribution is 5.93. The molecule has 0 unspecified atom stereocenters. The maximum absolute atomic E-state index is 11.8. The molecular weight excluding hydrogens is 216 g/mol. The zero-order valence-electron chi connectivity index (χ0n) is 10.6. The number of hydrogen-bond acceptors (Lipinski definition) is 2. The second-order valence-electron chi connectivity index (χ2n) is 4.79. The summed E-state index contributed by atoms with van der Waals surface area (Å²) in [6, 6.07) is 3.04. The van der Waals surface area contributed by atoms with Crippen LogP contribution in [0.25, 0.3) is 0 Å². The summed E-state index contributed by atoms with van der Waals surface area (Å²) >= 11 is 0. The summed E-state index contributed by atoms with van der Waals surface area (Å²) in [5.74, 6) is 0.500. The van der Waals surface area contributed by atoms with E-state index in [1.807, 2.05) is 6.92 Å². The molecule has 0 saturated carbocycles. The molecule has 1 aromatic rings. The van der Waals surface area contributed by atoms with Crippen molar-refractivity contribution in [2.24, 2.45) is 5.92 Å². The molecule has 0 fully saturated rings. The van der Waals surface area contributed by atoms with E-state index in [-0.39, 0.29) is 17.5 Å². The number of hydrogen-bond donors (Lipinski definition) is 2. The molecule has 1 aromatic heterocycles. The summed E-state index contributed by atoms with van der Waals surface area (Å²) in [5.41, 5.74) is 0.287. The summed E-state index contributed by atoms with van der Waals surface area (Å²) in [6.45, 7) is 6.32. The molecule has 0 spiro atoms. The highest BCUT2D eigenvalue weighted by Gasteiger charge is 2.10. The van der Waals surface area contributed by atoms with Gasteiger partial charge in [0.15, 0.2) is 0 Å². The van der Waals surface area contributed by atoms with Gasteiger partial charge in [-0.2, -0.15) is 0 Å². The van der Waals surface area contributed by atoms with Crippen LogP contribution in [-0.4, -0.2) is 16.9 Å². The number of carbonyl (C=O) groups is 1. The largest absolute Gasteiger partial charge is 0.350 e. The Morgan fingerprint density at radius 3 is 2.53 bits per heavy atom. The van der Waals surface area contributed by atoms with Gasteiger partial charge in [-0.1, -0.05) is 13.8 Å². The minimum Gasteiger partial charge on any atom is -0.350 e. The van der Waals surface area contributed by atoms with Gasteiger partial charge >= 0.3 is 0 Å². The van der Waals surface area contributed by atoms with Crippen molar-refractivity contribution in [2.45, 2.75) is 39.7 Å². The number of amides is 1. The fourth-order valence-electron chi connectivity index (χ4n) is 1.51. The average Bonchev–Trinajstić information content (AvgIpc) is 2.27. The van der Waals surface area contributed by atoms with Crippen molar-refractivity contribution < 1.29 is 4.79 Å². The van der Waals surface area contributed by atoms with E-state index in [9.17, 15) is 9.59 Å². The standard InChI is InChI=1S/C13H20N2O2/c1-9(2)4-5-10(3)15-13(17)11-6-7-12(16)14-8-11/h6-10H,4-5H2,1-3H3,(H,14,16)(H,15,17)/t10-/m1/s1. The molecule has 0 aliphatic heterocycles.